The first-order valence-corrected chi connectivity index (χ1v) is 17.4. The maximum atomic E-state index is 14.3. The first kappa shape index (κ1) is 34.1. The highest BCUT2D eigenvalue weighted by atomic mass is 35.5. The zero-order valence-corrected chi connectivity index (χ0v) is 28.2. The number of amides is 2. The second-order valence-corrected chi connectivity index (χ2v) is 14.4. The van der Waals surface area contributed by atoms with Gasteiger partial charge >= 0.3 is 0 Å². The molecule has 11 heteroatoms. The number of halogens is 3. The molecule has 7 nitrogen and oxygen atoms in total. The lowest BCUT2D eigenvalue weighted by Crippen LogP contribution is -2.54. The molecule has 44 heavy (non-hydrogen) atoms. The summed E-state index contributed by atoms with van der Waals surface area (Å²) in [5.41, 5.74) is 2.47. The van der Waals surface area contributed by atoms with E-state index in [1.165, 1.54) is 23.1 Å². The Labute approximate surface area is 275 Å². The molecule has 2 amide bonds. The average molecular weight is 679 g/mol. The van der Waals surface area contributed by atoms with Crippen LogP contribution in [0.2, 0.25) is 15.1 Å². The van der Waals surface area contributed by atoms with Gasteiger partial charge in [0, 0.05) is 27.7 Å². The molecule has 1 aliphatic carbocycles. The molecule has 0 heterocycles. The number of rotatable bonds is 11. The van der Waals surface area contributed by atoms with Crippen molar-refractivity contribution in [1.82, 2.24) is 10.2 Å². The lowest BCUT2D eigenvalue weighted by atomic mass is 9.95. The molecule has 0 aliphatic heterocycles. The maximum absolute atomic E-state index is 14.3. The van der Waals surface area contributed by atoms with Crippen LogP contribution in [0.4, 0.5) is 5.69 Å². The topological polar surface area (TPSA) is 86.8 Å². The molecule has 236 valence electrons. The Morgan fingerprint density at radius 2 is 1.59 bits per heavy atom. The number of nitrogens with one attached hydrogen (secondary N) is 1. The molecule has 0 bridgehead atoms. The summed E-state index contributed by atoms with van der Waals surface area (Å²) in [5, 5.41) is 4.28. The van der Waals surface area contributed by atoms with E-state index in [1.54, 1.807) is 42.5 Å². The van der Waals surface area contributed by atoms with E-state index < -0.39 is 28.5 Å². The van der Waals surface area contributed by atoms with Crippen LogP contribution in [0.25, 0.3) is 0 Å². The van der Waals surface area contributed by atoms with E-state index in [1.807, 2.05) is 20.8 Å². The van der Waals surface area contributed by atoms with E-state index in [-0.39, 0.29) is 29.1 Å². The predicted octanol–water partition coefficient (Wildman–Crippen LogP) is 7.72. The van der Waals surface area contributed by atoms with Crippen LogP contribution in [0.1, 0.15) is 62.1 Å². The summed E-state index contributed by atoms with van der Waals surface area (Å²) in [6.07, 6.45) is 5.30. The van der Waals surface area contributed by atoms with Crippen molar-refractivity contribution in [1.29, 1.82) is 0 Å². The Morgan fingerprint density at radius 3 is 2.20 bits per heavy atom. The van der Waals surface area contributed by atoms with Crippen molar-refractivity contribution in [2.45, 2.75) is 82.8 Å². The van der Waals surface area contributed by atoms with Gasteiger partial charge in [-0.15, -0.1) is 0 Å². The van der Waals surface area contributed by atoms with Crippen LogP contribution < -0.4 is 9.62 Å². The summed E-state index contributed by atoms with van der Waals surface area (Å²) in [4.78, 5) is 29.5. The van der Waals surface area contributed by atoms with Crippen molar-refractivity contribution in [3.05, 3.63) is 92.4 Å². The summed E-state index contributed by atoms with van der Waals surface area (Å²) in [6.45, 7) is 4.92. The second-order valence-electron chi connectivity index (χ2n) is 11.3. The van der Waals surface area contributed by atoms with Gasteiger partial charge in [-0.2, -0.15) is 0 Å². The standard InChI is InChI=1S/C33H38Cl3N3O4S/c1-4-31(33(41)37-26-8-6-5-7-9-26)38(20-24-13-14-25(34)18-30(24)36)32(40)21-39(27-15-12-23(3)29(35)19-27)44(42,43)28-16-10-22(2)11-17-28/h10-19,26,31H,4-9,20-21H2,1-3H3,(H,37,41)/t31-/m0/s1. The van der Waals surface area contributed by atoms with Gasteiger partial charge in [-0.3, -0.25) is 13.9 Å². The molecule has 0 unspecified atom stereocenters. The minimum atomic E-state index is -4.21. The van der Waals surface area contributed by atoms with E-state index in [0.717, 1.165) is 47.5 Å². The summed E-state index contributed by atoms with van der Waals surface area (Å²) < 4.78 is 29.2. The van der Waals surface area contributed by atoms with Crippen molar-refractivity contribution in [3.63, 3.8) is 0 Å². The quantitative estimate of drug-likeness (QED) is 0.225. The van der Waals surface area contributed by atoms with Gasteiger partial charge in [0.1, 0.15) is 12.6 Å². The van der Waals surface area contributed by atoms with Gasteiger partial charge in [0.2, 0.25) is 11.8 Å². The number of benzene rings is 3. The van der Waals surface area contributed by atoms with E-state index in [2.05, 4.69) is 5.32 Å². The fraction of sp³-hybridized carbons (Fsp3) is 0.394. The van der Waals surface area contributed by atoms with Crippen LogP contribution in [0.15, 0.2) is 65.6 Å². The van der Waals surface area contributed by atoms with E-state index in [4.69, 9.17) is 34.8 Å². The minimum absolute atomic E-state index is 0.0154. The molecular weight excluding hydrogens is 641 g/mol. The molecule has 4 rings (SSSR count). The monoisotopic (exact) mass is 677 g/mol. The van der Waals surface area contributed by atoms with Crippen LogP contribution >= 0.6 is 34.8 Å². The summed E-state index contributed by atoms with van der Waals surface area (Å²) >= 11 is 19.1. The Kier molecular flexibility index (Phi) is 11.6. The Hall–Kier alpha value is -2.78. The molecule has 1 N–H and O–H groups in total. The van der Waals surface area contributed by atoms with Crippen LogP contribution in [-0.4, -0.2) is 43.8 Å². The molecule has 1 aliphatic rings. The van der Waals surface area contributed by atoms with Gasteiger partial charge in [0.15, 0.2) is 0 Å². The molecule has 1 fully saturated rings. The SMILES string of the molecule is CC[C@@H](C(=O)NC1CCCCC1)N(Cc1ccc(Cl)cc1Cl)C(=O)CN(c1ccc(C)c(Cl)c1)S(=O)(=O)c1ccc(C)cc1. The largest absolute Gasteiger partial charge is 0.352 e. The first-order valence-electron chi connectivity index (χ1n) is 14.8. The normalized spacial score (nSPS) is 14.6. The molecule has 0 radical (unpaired) electrons. The fourth-order valence-electron chi connectivity index (χ4n) is 5.40. The third-order valence-electron chi connectivity index (χ3n) is 8.02. The maximum Gasteiger partial charge on any atom is 0.264 e. The van der Waals surface area contributed by atoms with Crippen molar-refractivity contribution >= 4 is 62.3 Å². The predicted molar refractivity (Wildman–Crippen MR) is 178 cm³/mol. The highest BCUT2D eigenvalue weighted by Gasteiger charge is 2.35. The van der Waals surface area contributed by atoms with E-state index in [9.17, 15) is 18.0 Å². The molecule has 3 aromatic carbocycles. The van der Waals surface area contributed by atoms with Gasteiger partial charge in [0.05, 0.1) is 10.6 Å². The van der Waals surface area contributed by atoms with Gasteiger partial charge in [-0.05, 0) is 80.6 Å². The van der Waals surface area contributed by atoms with Crippen molar-refractivity contribution in [3.8, 4) is 0 Å². The van der Waals surface area contributed by atoms with E-state index in [0.29, 0.717) is 27.1 Å². The highest BCUT2D eigenvalue weighted by Crippen LogP contribution is 2.30. The molecule has 3 aromatic rings. The van der Waals surface area contributed by atoms with Gasteiger partial charge < -0.3 is 10.2 Å². The van der Waals surface area contributed by atoms with Crippen molar-refractivity contribution in [2.75, 3.05) is 10.8 Å². The molecular formula is C33H38Cl3N3O4S. The molecule has 1 atom stereocenters. The Balaban J connectivity index is 1.74. The van der Waals surface area contributed by atoms with Crippen LogP contribution in [0.5, 0.6) is 0 Å². The number of aryl methyl sites for hydroxylation is 2. The minimum Gasteiger partial charge on any atom is -0.352 e. The highest BCUT2D eigenvalue weighted by molar-refractivity contribution is 7.92. The first-order chi connectivity index (χ1) is 20.9. The van der Waals surface area contributed by atoms with Crippen LogP contribution in [-0.2, 0) is 26.2 Å². The number of carbonyl (C=O) groups excluding carboxylic acids is 2. The third kappa shape index (κ3) is 8.27. The lowest BCUT2D eigenvalue weighted by molar-refractivity contribution is -0.140. The molecule has 1 saturated carbocycles. The summed E-state index contributed by atoms with van der Waals surface area (Å²) in [6, 6.07) is 15.4. The Bertz CT molecular complexity index is 1590. The number of carbonyl (C=O) groups is 2. The van der Waals surface area contributed by atoms with Crippen LogP contribution in [0, 0.1) is 13.8 Å². The van der Waals surface area contributed by atoms with E-state index >= 15 is 0 Å². The second kappa shape index (κ2) is 15.0. The van der Waals surface area contributed by atoms with Crippen LogP contribution in [0.3, 0.4) is 0 Å². The molecule has 0 aromatic heterocycles. The average Bonchev–Trinajstić information content (AvgIpc) is 2.99. The molecule has 0 spiro atoms. The van der Waals surface area contributed by atoms with Gasteiger partial charge in [-0.1, -0.05) is 90.8 Å². The number of anilines is 1. The van der Waals surface area contributed by atoms with Gasteiger partial charge in [0.25, 0.3) is 10.0 Å². The van der Waals surface area contributed by atoms with Crippen molar-refractivity contribution in [2.24, 2.45) is 0 Å². The lowest BCUT2D eigenvalue weighted by Gasteiger charge is -2.34. The summed E-state index contributed by atoms with van der Waals surface area (Å²) in [7, 11) is -4.21. The van der Waals surface area contributed by atoms with Crippen molar-refractivity contribution < 1.29 is 18.0 Å². The fourth-order valence-corrected chi connectivity index (χ4v) is 7.45. The number of hydrogen-bond donors (Lipinski definition) is 1. The smallest absolute Gasteiger partial charge is 0.264 e. The summed E-state index contributed by atoms with van der Waals surface area (Å²) in [5.74, 6) is -0.835. The van der Waals surface area contributed by atoms with Gasteiger partial charge in [-0.25, -0.2) is 8.42 Å². The number of nitrogens with zero attached hydrogens (tertiary/aromatic N) is 2. The molecule has 0 saturated heterocycles. The number of hydrogen-bond acceptors (Lipinski definition) is 4. The zero-order chi connectivity index (χ0) is 32.0. The number of sulfonamides is 1. The zero-order valence-electron chi connectivity index (χ0n) is 25.2. The third-order valence-corrected chi connectivity index (χ3v) is 10.8. The Morgan fingerprint density at radius 1 is 0.909 bits per heavy atom.